The highest BCUT2D eigenvalue weighted by Gasteiger charge is 2.24. The Morgan fingerprint density at radius 3 is 2.63 bits per heavy atom. The molecule has 0 saturated heterocycles. The Balaban J connectivity index is 0.000000861. The first kappa shape index (κ1) is 15.0. The second-order valence-corrected chi connectivity index (χ2v) is 3.78. The molecule has 1 amide bonds. The maximum Gasteiger partial charge on any atom is 0.250 e. The number of hydrogen-bond donors (Lipinski definition) is 0. The van der Waals surface area contributed by atoms with Gasteiger partial charge in [-0.1, -0.05) is 20.4 Å². The molecule has 0 radical (unpaired) electrons. The van der Waals surface area contributed by atoms with E-state index < -0.39 is 0 Å². The zero-order valence-electron chi connectivity index (χ0n) is 11.6. The van der Waals surface area contributed by atoms with Crippen molar-refractivity contribution in [3.63, 3.8) is 0 Å². The topological polar surface area (TPSA) is 46.6 Å². The number of nitrogens with zero attached hydrogens (tertiary/aromatic N) is 1. The van der Waals surface area contributed by atoms with Crippen molar-refractivity contribution in [2.75, 3.05) is 18.6 Å². The van der Waals surface area contributed by atoms with E-state index in [-0.39, 0.29) is 5.91 Å². The van der Waals surface area contributed by atoms with Gasteiger partial charge in [-0.15, -0.1) is 0 Å². The van der Waals surface area contributed by atoms with Gasteiger partial charge in [0, 0.05) is 12.6 Å². The van der Waals surface area contributed by atoms with Gasteiger partial charge in [0.25, 0.3) is 0 Å². The van der Waals surface area contributed by atoms with Crippen LogP contribution in [-0.4, -0.2) is 25.8 Å². The number of aldehydes is 1. The number of rotatable bonds is 3. The number of carbonyl (C=O) groups excluding carboxylic acids is 2. The largest absolute Gasteiger partial charge is 0.496 e. The number of amides is 1. The van der Waals surface area contributed by atoms with Crippen LogP contribution in [0.15, 0.2) is 24.8 Å². The van der Waals surface area contributed by atoms with Gasteiger partial charge in [0.15, 0.2) is 6.29 Å². The molecule has 0 bridgehead atoms. The first-order valence-electron chi connectivity index (χ1n) is 6.31. The van der Waals surface area contributed by atoms with Gasteiger partial charge in [-0.25, -0.2) is 0 Å². The Morgan fingerprint density at radius 1 is 1.42 bits per heavy atom. The molecule has 0 fully saturated rings. The summed E-state index contributed by atoms with van der Waals surface area (Å²) in [6.07, 6.45) is 2.80. The number of carbonyl (C=O) groups is 2. The van der Waals surface area contributed by atoms with Crippen molar-refractivity contribution in [3.8, 4) is 5.75 Å². The van der Waals surface area contributed by atoms with Crippen molar-refractivity contribution in [1.29, 1.82) is 0 Å². The number of anilines is 1. The minimum absolute atomic E-state index is 0.135. The minimum atomic E-state index is -0.135. The summed E-state index contributed by atoms with van der Waals surface area (Å²) in [6, 6.07) is 3.50. The normalized spacial score (nSPS) is 12.1. The summed E-state index contributed by atoms with van der Waals surface area (Å²) in [5.74, 6) is 0.354. The van der Waals surface area contributed by atoms with Crippen LogP contribution in [0.5, 0.6) is 5.75 Å². The predicted molar refractivity (Wildman–Crippen MR) is 76.0 cm³/mol. The van der Waals surface area contributed by atoms with Crippen LogP contribution in [0.25, 0.3) is 0 Å². The van der Waals surface area contributed by atoms with Gasteiger partial charge in [0.1, 0.15) is 5.75 Å². The third-order valence-electron chi connectivity index (χ3n) is 2.89. The average Bonchev–Trinajstić information content (AvgIpc) is 2.89. The summed E-state index contributed by atoms with van der Waals surface area (Å²) in [4.78, 5) is 24.1. The van der Waals surface area contributed by atoms with Crippen molar-refractivity contribution in [2.45, 2.75) is 20.3 Å². The highest BCUT2D eigenvalue weighted by atomic mass is 16.5. The molecule has 0 unspecified atom stereocenters. The molecule has 0 spiro atoms. The molecular formula is C15H19NO3. The third-order valence-corrected chi connectivity index (χ3v) is 2.89. The predicted octanol–water partition coefficient (Wildman–Crippen LogP) is 2.61. The lowest BCUT2D eigenvalue weighted by Gasteiger charge is -2.16. The maximum absolute atomic E-state index is 11.6. The van der Waals surface area contributed by atoms with Gasteiger partial charge in [-0.2, -0.15) is 0 Å². The van der Waals surface area contributed by atoms with E-state index in [2.05, 4.69) is 6.58 Å². The molecule has 0 aromatic heterocycles. The van der Waals surface area contributed by atoms with E-state index in [0.717, 1.165) is 24.0 Å². The van der Waals surface area contributed by atoms with E-state index >= 15 is 0 Å². The molecule has 1 aliphatic heterocycles. The van der Waals surface area contributed by atoms with Crippen LogP contribution in [0.4, 0.5) is 5.69 Å². The van der Waals surface area contributed by atoms with Crippen LogP contribution in [0.3, 0.4) is 0 Å². The van der Waals surface area contributed by atoms with Gasteiger partial charge in [0.05, 0.1) is 18.4 Å². The molecule has 0 aliphatic carbocycles. The standard InChI is InChI=1S/C13H13NO3.C2H6/c1-3-13(16)14-5-4-9-6-10(8-15)12(17-2)7-11(9)14;1-2/h3,6-8H,1,4-5H2,2H3;1-2H3. The smallest absolute Gasteiger partial charge is 0.250 e. The Labute approximate surface area is 113 Å². The lowest BCUT2D eigenvalue weighted by atomic mass is 10.1. The molecule has 2 rings (SSSR count). The molecule has 4 nitrogen and oxygen atoms in total. The lowest BCUT2D eigenvalue weighted by Crippen LogP contribution is -2.26. The molecule has 4 heteroatoms. The fourth-order valence-corrected chi connectivity index (χ4v) is 2.05. The summed E-state index contributed by atoms with van der Waals surface area (Å²) in [5.41, 5.74) is 2.31. The Kier molecular flexibility index (Phi) is 5.30. The number of methoxy groups -OCH3 is 1. The minimum Gasteiger partial charge on any atom is -0.496 e. The van der Waals surface area contributed by atoms with Crippen LogP contribution in [0.1, 0.15) is 29.8 Å². The first-order chi connectivity index (χ1) is 9.21. The van der Waals surface area contributed by atoms with Crippen LogP contribution in [0, 0.1) is 0 Å². The molecule has 1 aromatic carbocycles. The van der Waals surface area contributed by atoms with Crippen molar-refractivity contribution < 1.29 is 14.3 Å². The van der Waals surface area contributed by atoms with E-state index in [4.69, 9.17) is 4.74 Å². The molecular weight excluding hydrogens is 242 g/mol. The van der Waals surface area contributed by atoms with E-state index in [9.17, 15) is 9.59 Å². The van der Waals surface area contributed by atoms with Crippen molar-refractivity contribution in [2.24, 2.45) is 0 Å². The van der Waals surface area contributed by atoms with Gasteiger partial charge in [-0.3, -0.25) is 9.59 Å². The van der Waals surface area contributed by atoms with Crippen LogP contribution in [-0.2, 0) is 11.2 Å². The highest BCUT2D eigenvalue weighted by Crippen LogP contribution is 2.34. The summed E-state index contributed by atoms with van der Waals surface area (Å²) >= 11 is 0. The number of fused-ring (bicyclic) bond motifs is 1. The van der Waals surface area contributed by atoms with E-state index in [1.165, 1.54) is 13.2 Å². The molecule has 19 heavy (non-hydrogen) atoms. The summed E-state index contributed by atoms with van der Waals surface area (Å²) in [6.45, 7) is 8.09. The van der Waals surface area contributed by atoms with Crippen LogP contribution in [0.2, 0.25) is 0 Å². The maximum atomic E-state index is 11.6. The Morgan fingerprint density at radius 2 is 2.11 bits per heavy atom. The zero-order valence-corrected chi connectivity index (χ0v) is 11.6. The number of ether oxygens (including phenoxy) is 1. The fraction of sp³-hybridized carbons (Fsp3) is 0.333. The first-order valence-corrected chi connectivity index (χ1v) is 6.31. The number of benzene rings is 1. The van der Waals surface area contributed by atoms with Gasteiger partial charge in [-0.05, 0) is 24.1 Å². The molecule has 1 aliphatic rings. The lowest BCUT2D eigenvalue weighted by molar-refractivity contribution is -0.114. The third kappa shape index (κ3) is 2.84. The van der Waals surface area contributed by atoms with Gasteiger partial charge >= 0.3 is 0 Å². The highest BCUT2D eigenvalue weighted by molar-refractivity contribution is 6.03. The van der Waals surface area contributed by atoms with E-state index in [1.807, 2.05) is 13.8 Å². The van der Waals surface area contributed by atoms with E-state index in [1.54, 1.807) is 17.0 Å². The summed E-state index contributed by atoms with van der Waals surface area (Å²) < 4.78 is 5.13. The summed E-state index contributed by atoms with van der Waals surface area (Å²) in [7, 11) is 1.50. The average molecular weight is 261 g/mol. The van der Waals surface area contributed by atoms with Crippen LogP contribution < -0.4 is 9.64 Å². The molecule has 0 saturated carbocycles. The van der Waals surface area contributed by atoms with Gasteiger partial charge < -0.3 is 9.64 Å². The van der Waals surface area contributed by atoms with E-state index in [0.29, 0.717) is 17.9 Å². The molecule has 102 valence electrons. The van der Waals surface area contributed by atoms with Crippen LogP contribution >= 0.6 is 0 Å². The van der Waals surface area contributed by atoms with Crippen molar-refractivity contribution in [3.05, 3.63) is 35.9 Å². The zero-order chi connectivity index (χ0) is 14.4. The second-order valence-electron chi connectivity index (χ2n) is 3.78. The molecule has 0 N–H and O–H groups in total. The van der Waals surface area contributed by atoms with Crippen molar-refractivity contribution in [1.82, 2.24) is 0 Å². The number of hydrogen-bond acceptors (Lipinski definition) is 3. The molecule has 1 heterocycles. The quantitative estimate of drug-likeness (QED) is 0.620. The Bertz CT molecular complexity index is 494. The molecule has 1 aromatic rings. The second kappa shape index (κ2) is 6.73. The fourth-order valence-electron chi connectivity index (χ4n) is 2.05. The van der Waals surface area contributed by atoms with Gasteiger partial charge in [0.2, 0.25) is 5.91 Å². The Hall–Kier alpha value is -2.10. The van der Waals surface area contributed by atoms with Crippen molar-refractivity contribution >= 4 is 17.9 Å². The summed E-state index contributed by atoms with van der Waals surface area (Å²) in [5, 5.41) is 0. The monoisotopic (exact) mass is 261 g/mol. The molecule has 0 atom stereocenters. The SMILES string of the molecule is C=CC(=O)N1CCc2cc(C=O)c(OC)cc21.CC.